The van der Waals surface area contributed by atoms with Crippen LogP contribution in [0.2, 0.25) is 0 Å². The Kier molecular flexibility index (Phi) is 4.30. The summed E-state index contributed by atoms with van der Waals surface area (Å²) in [6.07, 6.45) is 1.30. The molecule has 0 heterocycles. The van der Waals surface area contributed by atoms with Crippen LogP contribution < -0.4 is 0 Å². The number of hydrogen-bond acceptors (Lipinski definition) is 0. The van der Waals surface area contributed by atoms with Crippen molar-refractivity contribution in [3.63, 3.8) is 0 Å². The van der Waals surface area contributed by atoms with E-state index in [-0.39, 0.29) is 5.41 Å². The molecule has 12 heavy (non-hydrogen) atoms. The summed E-state index contributed by atoms with van der Waals surface area (Å²) in [5.41, 5.74) is 0.225. The number of hydrogen-bond donors (Lipinski definition) is 0. The highest BCUT2D eigenvalue weighted by atomic mass is 14.3. The van der Waals surface area contributed by atoms with Crippen LogP contribution in [0.3, 0.4) is 0 Å². The van der Waals surface area contributed by atoms with E-state index in [4.69, 9.17) is 0 Å². The van der Waals surface area contributed by atoms with Crippen molar-refractivity contribution in [1.29, 1.82) is 0 Å². The van der Waals surface area contributed by atoms with Gasteiger partial charge in [-0.2, -0.15) is 0 Å². The lowest BCUT2D eigenvalue weighted by Crippen LogP contribution is -2.21. The average Bonchev–Trinajstić information content (AvgIpc) is 1.85. The van der Waals surface area contributed by atoms with Crippen LogP contribution in [0.4, 0.5) is 0 Å². The molecule has 0 bridgehead atoms. The molecule has 0 saturated carbocycles. The van der Waals surface area contributed by atoms with Gasteiger partial charge in [0.2, 0.25) is 0 Å². The van der Waals surface area contributed by atoms with E-state index < -0.39 is 0 Å². The van der Waals surface area contributed by atoms with Crippen LogP contribution in [0, 0.1) is 30.1 Å². The second-order valence-corrected chi connectivity index (χ2v) is 5.35. The van der Waals surface area contributed by atoms with E-state index in [0.717, 1.165) is 17.8 Å². The Balaban J connectivity index is 3.93. The first kappa shape index (κ1) is 12.0. The van der Waals surface area contributed by atoms with Gasteiger partial charge in [0, 0.05) is 0 Å². The molecule has 0 aromatic carbocycles. The number of rotatable bonds is 4. The molecule has 0 aliphatic heterocycles. The van der Waals surface area contributed by atoms with Gasteiger partial charge in [0.05, 0.1) is 0 Å². The molecule has 0 aliphatic rings. The van der Waals surface area contributed by atoms with Gasteiger partial charge in [-0.05, 0) is 36.5 Å². The van der Waals surface area contributed by atoms with Crippen LogP contribution >= 0.6 is 0 Å². The van der Waals surface area contributed by atoms with Crippen molar-refractivity contribution < 1.29 is 0 Å². The van der Waals surface area contributed by atoms with Gasteiger partial charge < -0.3 is 0 Å². The zero-order valence-electron chi connectivity index (χ0n) is 9.65. The molecule has 2 unspecified atom stereocenters. The monoisotopic (exact) mass is 169 g/mol. The maximum absolute atomic E-state index is 4.18. The van der Waals surface area contributed by atoms with Crippen molar-refractivity contribution in [2.45, 2.75) is 48.0 Å². The molecule has 0 fully saturated rings. The van der Waals surface area contributed by atoms with Crippen molar-refractivity contribution in [2.24, 2.45) is 23.2 Å². The minimum absolute atomic E-state index is 0.225. The van der Waals surface area contributed by atoms with Crippen molar-refractivity contribution >= 4 is 0 Å². The second-order valence-electron chi connectivity index (χ2n) is 5.35. The SMILES string of the molecule is [CH2]C(C)(C)C(C)CC(C)C(C)C. The molecule has 1 radical (unpaired) electrons. The Morgan fingerprint density at radius 3 is 1.75 bits per heavy atom. The van der Waals surface area contributed by atoms with Crippen molar-refractivity contribution in [2.75, 3.05) is 0 Å². The van der Waals surface area contributed by atoms with Crippen molar-refractivity contribution in [3.8, 4) is 0 Å². The summed E-state index contributed by atoms with van der Waals surface area (Å²) >= 11 is 0. The van der Waals surface area contributed by atoms with Crippen LogP contribution in [-0.4, -0.2) is 0 Å². The topological polar surface area (TPSA) is 0 Å². The lowest BCUT2D eigenvalue weighted by Gasteiger charge is -2.30. The van der Waals surface area contributed by atoms with E-state index in [1.807, 2.05) is 0 Å². The standard InChI is InChI=1S/C12H25/c1-9(2)10(3)8-11(4)12(5,6)7/h9-11H,5,8H2,1-4,6-7H3. The first-order valence-electron chi connectivity index (χ1n) is 5.10. The highest BCUT2D eigenvalue weighted by Crippen LogP contribution is 2.32. The van der Waals surface area contributed by atoms with Gasteiger partial charge in [-0.3, -0.25) is 0 Å². The molecule has 0 N–H and O–H groups in total. The maximum Gasteiger partial charge on any atom is -0.0328 e. The van der Waals surface area contributed by atoms with Gasteiger partial charge in [-0.25, -0.2) is 0 Å². The van der Waals surface area contributed by atoms with Crippen LogP contribution in [-0.2, 0) is 0 Å². The fourth-order valence-corrected chi connectivity index (χ4v) is 1.15. The zero-order valence-corrected chi connectivity index (χ0v) is 9.65. The summed E-state index contributed by atoms with van der Waals surface area (Å²) in [6, 6.07) is 0. The average molecular weight is 169 g/mol. The van der Waals surface area contributed by atoms with E-state index >= 15 is 0 Å². The molecule has 0 amide bonds. The Morgan fingerprint density at radius 2 is 1.50 bits per heavy atom. The molecule has 73 valence electrons. The van der Waals surface area contributed by atoms with E-state index in [1.54, 1.807) is 0 Å². The third-order valence-corrected chi connectivity index (χ3v) is 3.20. The molecule has 0 saturated heterocycles. The van der Waals surface area contributed by atoms with Crippen molar-refractivity contribution in [1.82, 2.24) is 0 Å². The van der Waals surface area contributed by atoms with Crippen molar-refractivity contribution in [3.05, 3.63) is 6.92 Å². The predicted molar refractivity (Wildman–Crippen MR) is 56.9 cm³/mol. The summed E-state index contributed by atoms with van der Waals surface area (Å²) in [5, 5.41) is 0. The first-order chi connectivity index (χ1) is 5.25. The van der Waals surface area contributed by atoms with E-state index in [0.29, 0.717) is 0 Å². The molecule has 0 rings (SSSR count). The van der Waals surface area contributed by atoms with Gasteiger partial charge >= 0.3 is 0 Å². The smallest absolute Gasteiger partial charge is 0.0328 e. The normalized spacial score (nSPS) is 18.0. The molecule has 0 spiro atoms. The zero-order chi connectivity index (χ0) is 9.94. The molecular weight excluding hydrogens is 144 g/mol. The van der Waals surface area contributed by atoms with Crippen LogP contribution in [0.25, 0.3) is 0 Å². The second kappa shape index (κ2) is 4.30. The highest BCUT2D eigenvalue weighted by Gasteiger charge is 2.22. The molecular formula is C12H25. The molecule has 0 nitrogen and oxygen atoms in total. The molecule has 0 heteroatoms. The molecule has 0 aromatic heterocycles. The first-order valence-corrected chi connectivity index (χ1v) is 5.10. The summed E-state index contributed by atoms with van der Waals surface area (Å²) < 4.78 is 0. The summed E-state index contributed by atoms with van der Waals surface area (Å²) in [5.74, 6) is 2.34. The quantitative estimate of drug-likeness (QED) is 0.592. The van der Waals surface area contributed by atoms with E-state index in [2.05, 4.69) is 48.5 Å². The fraction of sp³-hybridized carbons (Fsp3) is 0.917. The third kappa shape index (κ3) is 4.13. The van der Waals surface area contributed by atoms with Gasteiger partial charge in [-0.1, -0.05) is 41.5 Å². The summed E-state index contributed by atoms with van der Waals surface area (Å²) in [6.45, 7) is 17.9. The van der Waals surface area contributed by atoms with Gasteiger partial charge in [0.25, 0.3) is 0 Å². The summed E-state index contributed by atoms with van der Waals surface area (Å²) in [7, 11) is 0. The summed E-state index contributed by atoms with van der Waals surface area (Å²) in [4.78, 5) is 0. The minimum Gasteiger partial charge on any atom is -0.0625 e. The van der Waals surface area contributed by atoms with Crippen LogP contribution in [0.5, 0.6) is 0 Å². The Labute approximate surface area is 78.8 Å². The highest BCUT2D eigenvalue weighted by molar-refractivity contribution is 4.79. The van der Waals surface area contributed by atoms with Gasteiger partial charge in [0.1, 0.15) is 0 Å². The fourth-order valence-electron chi connectivity index (χ4n) is 1.15. The maximum atomic E-state index is 4.18. The third-order valence-electron chi connectivity index (χ3n) is 3.20. The predicted octanol–water partition coefficient (Wildman–Crippen LogP) is 4.16. The van der Waals surface area contributed by atoms with Crippen LogP contribution in [0.15, 0.2) is 0 Å². The van der Waals surface area contributed by atoms with E-state index in [9.17, 15) is 0 Å². The lowest BCUT2D eigenvalue weighted by atomic mass is 9.75. The molecule has 0 aliphatic carbocycles. The van der Waals surface area contributed by atoms with E-state index in [1.165, 1.54) is 6.42 Å². The Bertz CT molecular complexity index is 116. The minimum atomic E-state index is 0.225. The largest absolute Gasteiger partial charge is 0.0625 e. The molecule has 2 atom stereocenters. The lowest BCUT2D eigenvalue weighted by molar-refractivity contribution is 0.225. The Morgan fingerprint density at radius 1 is 1.08 bits per heavy atom. The van der Waals surface area contributed by atoms with Gasteiger partial charge in [-0.15, -0.1) is 0 Å². The van der Waals surface area contributed by atoms with Crippen LogP contribution in [0.1, 0.15) is 48.0 Å². The Hall–Kier alpha value is 0. The van der Waals surface area contributed by atoms with Gasteiger partial charge in [0.15, 0.2) is 0 Å². The molecule has 0 aromatic rings.